The number of phenols is 1. The van der Waals surface area contributed by atoms with Crippen LogP contribution in [-0.2, 0) is 4.74 Å². The molecule has 1 N–H and O–H groups in total. The minimum Gasteiger partial charge on any atom is -0.508 e. The van der Waals surface area contributed by atoms with Crippen LogP contribution in [0.25, 0.3) is 11.5 Å². The van der Waals surface area contributed by atoms with Gasteiger partial charge in [0.25, 0.3) is 5.89 Å². The summed E-state index contributed by atoms with van der Waals surface area (Å²) in [6, 6.07) is 3.78. The Kier molecular flexibility index (Phi) is 2.94. The van der Waals surface area contributed by atoms with Crippen LogP contribution >= 0.6 is 0 Å². The van der Waals surface area contributed by atoms with Crippen LogP contribution in [0.3, 0.4) is 0 Å². The predicted molar refractivity (Wildman–Crippen MR) is 63.8 cm³/mol. The normalized spacial score (nSPS) is 16.5. The van der Waals surface area contributed by atoms with E-state index in [2.05, 4.69) is 10.1 Å². The van der Waals surface area contributed by atoms with E-state index >= 15 is 0 Å². The molecule has 100 valence electrons. The molecule has 1 atom stereocenters. The van der Waals surface area contributed by atoms with E-state index in [1.54, 1.807) is 7.11 Å². The molecule has 1 aromatic heterocycles. The first-order chi connectivity index (χ1) is 9.19. The van der Waals surface area contributed by atoms with Gasteiger partial charge in [-0.3, -0.25) is 0 Å². The highest BCUT2D eigenvalue weighted by atomic mass is 19.1. The third-order valence-corrected chi connectivity index (χ3v) is 3.18. The van der Waals surface area contributed by atoms with Gasteiger partial charge in [0.15, 0.2) is 0 Å². The van der Waals surface area contributed by atoms with Crippen LogP contribution < -0.4 is 0 Å². The number of ether oxygens (including phenoxy) is 1. The van der Waals surface area contributed by atoms with Crippen molar-refractivity contribution >= 4 is 0 Å². The zero-order valence-electron chi connectivity index (χ0n) is 10.3. The lowest BCUT2D eigenvalue weighted by Crippen LogP contribution is -2.05. The van der Waals surface area contributed by atoms with E-state index in [0.717, 1.165) is 18.9 Å². The molecule has 0 radical (unpaired) electrons. The van der Waals surface area contributed by atoms with Crippen molar-refractivity contribution in [2.45, 2.75) is 18.9 Å². The van der Waals surface area contributed by atoms with E-state index in [-0.39, 0.29) is 23.3 Å². The van der Waals surface area contributed by atoms with Gasteiger partial charge in [0.2, 0.25) is 5.82 Å². The van der Waals surface area contributed by atoms with E-state index in [9.17, 15) is 9.50 Å². The van der Waals surface area contributed by atoms with Crippen molar-refractivity contribution in [1.29, 1.82) is 0 Å². The lowest BCUT2D eigenvalue weighted by Gasteiger charge is -2.08. The number of phenolic OH excluding ortho intramolecular Hbond substituents is 1. The molecular formula is C13H13FN2O3. The molecule has 1 fully saturated rings. The minimum absolute atomic E-state index is 0.0928. The van der Waals surface area contributed by atoms with Gasteiger partial charge >= 0.3 is 0 Å². The highest BCUT2D eigenvalue weighted by Crippen LogP contribution is 2.42. The molecule has 0 spiro atoms. The van der Waals surface area contributed by atoms with Crippen LogP contribution in [0, 0.1) is 11.7 Å². The maximum absolute atomic E-state index is 13.7. The van der Waals surface area contributed by atoms with Gasteiger partial charge in [-0.2, -0.15) is 4.98 Å². The van der Waals surface area contributed by atoms with Crippen LogP contribution in [0.15, 0.2) is 22.7 Å². The van der Waals surface area contributed by atoms with Gasteiger partial charge < -0.3 is 14.4 Å². The van der Waals surface area contributed by atoms with Crippen molar-refractivity contribution in [3.8, 4) is 17.2 Å². The van der Waals surface area contributed by atoms with Crippen molar-refractivity contribution in [1.82, 2.24) is 10.1 Å². The molecule has 1 aliphatic rings. The lowest BCUT2D eigenvalue weighted by atomic mass is 10.2. The zero-order valence-corrected chi connectivity index (χ0v) is 10.3. The quantitative estimate of drug-likeness (QED) is 0.919. The fourth-order valence-electron chi connectivity index (χ4n) is 2.04. The summed E-state index contributed by atoms with van der Waals surface area (Å²) < 4.78 is 24.1. The monoisotopic (exact) mass is 264 g/mol. The van der Waals surface area contributed by atoms with Crippen molar-refractivity contribution in [3.05, 3.63) is 29.8 Å². The molecule has 1 saturated carbocycles. The molecule has 19 heavy (non-hydrogen) atoms. The Morgan fingerprint density at radius 1 is 1.47 bits per heavy atom. The zero-order chi connectivity index (χ0) is 13.4. The summed E-state index contributed by atoms with van der Waals surface area (Å²) in [6.07, 6.45) is 1.96. The Balaban J connectivity index is 1.91. The van der Waals surface area contributed by atoms with E-state index < -0.39 is 5.82 Å². The van der Waals surface area contributed by atoms with Crippen LogP contribution in [0.4, 0.5) is 4.39 Å². The summed E-state index contributed by atoms with van der Waals surface area (Å²) in [4.78, 5) is 4.18. The first kappa shape index (κ1) is 12.1. The van der Waals surface area contributed by atoms with Crippen molar-refractivity contribution in [3.63, 3.8) is 0 Å². The molecular weight excluding hydrogens is 251 g/mol. The number of benzene rings is 1. The molecule has 0 saturated heterocycles. The molecule has 6 heteroatoms. The Morgan fingerprint density at radius 2 is 2.26 bits per heavy atom. The molecule has 1 aromatic carbocycles. The topological polar surface area (TPSA) is 68.4 Å². The molecule has 2 aromatic rings. The summed E-state index contributed by atoms with van der Waals surface area (Å²) in [5.74, 6) is 0.201. The van der Waals surface area contributed by atoms with Crippen molar-refractivity contribution in [2.75, 3.05) is 7.11 Å². The molecule has 1 heterocycles. The van der Waals surface area contributed by atoms with Gasteiger partial charge in [-0.1, -0.05) is 5.16 Å². The summed E-state index contributed by atoms with van der Waals surface area (Å²) in [5, 5.41) is 13.0. The number of hydrogen-bond donors (Lipinski definition) is 1. The molecule has 0 bridgehead atoms. The molecule has 1 aliphatic carbocycles. The Labute approximate surface area is 109 Å². The van der Waals surface area contributed by atoms with Gasteiger partial charge in [0.1, 0.15) is 17.7 Å². The maximum Gasteiger partial charge on any atom is 0.260 e. The second kappa shape index (κ2) is 4.62. The fourth-order valence-corrected chi connectivity index (χ4v) is 2.04. The van der Waals surface area contributed by atoms with Crippen LogP contribution in [0.5, 0.6) is 5.75 Å². The highest BCUT2D eigenvalue weighted by molar-refractivity contribution is 5.55. The lowest BCUT2D eigenvalue weighted by molar-refractivity contribution is 0.0751. The molecule has 3 rings (SSSR count). The Hall–Kier alpha value is -1.95. The largest absolute Gasteiger partial charge is 0.508 e. The van der Waals surface area contributed by atoms with E-state index in [1.807, 2.05) is 0 Å². The van der Waals surface area contributed by atoms with Gasteiger partial charge in [-0.15, -0.1) is 0 Å². The van der Waals surface area contributed by atoms with Crippen LogP contribution in [-0.4, -0.2) is 22.4 Å². The average Bonchev–Trinajstić information content (AvgIpc) is 3.09. The Bertz CT molecular complexity index is 595. The minimum atomic E-state index is -0.601. The molecule has 1 unspecified atom stereocenters. The first-order valence-electron chi connectivity index (χ1n) is 6.04. The number of aromatic hydroxyl groups is 1. The van der Waals surface area contributed by atoms with E-state index in [1.165, 1.54) is 12.1 Å². The summed E-state index contributed by atoms with van der Waals surface area (Å²) in [6.45, 7) is 0. The summed E-state index contributed by atoms with van der Waals surface area (Å²) in [7, 11) is 1.60. The number of aromatic nitrogens is 2. The SMILES string of the molecule is COC(c1noc(-c2ccc(O)cc2F)n1)C1CC1. The molecule has 0 amide bonds. The van der Waals surface area contributed by atoms with E-state index in [4.69, 9.17) is 9.26 Å². The third kappa shape index (κ3) is 2.31. The highest BCUT2D eigenvalue weighted by Gasteiger charge is 2.35. The van der Waals surface area contributed by atoms with Gasteiger partial charge in [0, 0.05) is 13.2 Å². The number of nitrogens with zero attached hydrogens (tertiary/aromatic N) is 2. The van der Waals surface area contributed by atoms with Gasteiger partial charge in [-0.25, -0.2) is 4.39 Å². The summed E-state index contributed by atoms with van der Waals surface area (Å²) >= 11 is 0. The number of halogens is 1. The van der Waals surface area contributed by atoms with E-state index in [0.29, 0.717) is 11.7 Å². The van der Waals surface area contributed by atoms with Crippen LogP contribution in [0.1, 0.15) is 24.8 Å². The first-order valence-corrected chi connectivity index (χ1v) is 6.04. The van der Waals surface area contributed by atoms with Crippen LogP contribution in [0.2, 0.25) is 0 Å². The molecule has 5 nitrogen and oxygen atoms in total. The van der Waals surface area contributed by atoms with Gasteiger partial charge in [0.05, 0.1) is 5.56 Å². The Morgan fingerprint density at radius 3 is 2.89 bits per heavy atom. The van der Waals surface area contributed by atoms with Crippen molar-refractivity contribution < 1.29 is 18.8 Å². The third-order valence-electron chi connectivity index (χ3n) is 3.18. The number of methoxy groups -OCH3 is 1. The number of rotatable bonds is 4. The maximum atomic E-state index is 13.7. The standard InChI is InChI=1S/C13H13FN2O3/c1-18-11(7-2-3-7)12-15-13(19-16-12)9-5-4-8(17)6-10(9)14/h4-7,11,17H,2-3H2,1H3. The van der Waals surface area contributed by atoms with Crippen molar-refractivity contribution in [2.24, 2.45) is 5.92 Å². The second-order valence-electron chi connectivity index (χ2n) is 4.62. The smallest absolute Gasteiger partial charge is 0.260 e. The average molecular weight is 264 g/mol. The predicted octanol–water partition coefficient (Wildman–Crippen LogP) is 2.68. The molecule has 0 aliphatic heterocycles. The second-order valence-corrected chi connectivity index (χ2v) is 4.62. The van der Waals surface area contributed by atoms with Gasteiger partial charge in [-0.05, 0) is 30.9 Å². The summed E-state index contributed by atoms with van der Waals surface area (Å²) in [5.41, 5.74) is 0.169. The fraction of sp³-hybridized carbons (Fsp3) is 0.385. The number of hydrogen-bond acceptors (Lipinski definition) is 5.